The molecule has 1 aliphatic carbocycles. The lowest BCUT2D eigenvalue weighted by Gasteiger charge is -2.32. The Hall–Kier alpha value is -0.850. The van der Waals surface area contributed by atoms with Gasteiger partial charge in [-0.3, -0.25) is 0 Å². The Morgan fingerprint density at radius 3 is 2.82 bits per heavy atom. The molecule has 0 saturated heterocycles. The standard InChI is InChI=1S/C14H20N2S/c1-10-3-4-12(7-11(10)2)16-9-14-6-5-13(8-15)17-14/h5-6,10-12,16H,3-4,7,9H2,1-2H3. The Kier molecular flexibility index (Phi) is 4.20. The summed E-state index contributed by atoms with van der Waals surface area (Å²) in [6.07, 6.45) is 3.92. The van der Waals surface area contributed by atoms with Crippen molar-refractivity contribution in [3.8, 4) is 6.07 Å². The van der Waals surface area contributed by atoms with Gasteiger partial charge in [0.2, 0.25) is 0 Å². The van der Waals surface area contributed by atoms with E-state index in [1.807, 2.05) is 6.07 Å². The van der Waals surface area contributed by atoms with E-state index in [0.717, 1.165) is 23.3 Å². The highest BCUT2D eigenvalue weighted by Crippen LogP contribution is 2.29. The predicted octanol–water partition coefficient (Wildman–Crippen LogP) is 3.53. The molecule has 0 amide bonds. The van der Waals surface area contributed by atoms with Crippen molar-refractivity contribution >= 4 is 11.3 Å². The quantitative estimate of drug-likeness (QED) is 0.888. The fourth-order valence-corrected chi connectivity index (χ4v) is 3.27. The minimum atomic E-state index is 0.661. The van der Waals surface area contributed by atoms with Gasteiger partial charge in [0.1, 0.15) is 10.9 Å². The number of nitrogens with zero attached hydrogens (tertiary/aromatic N) is 1. The molecule has 3 unspecified atom stereocenters. The summed E-state index contributed by atoms with van der Waals surface area (Å²) in [7, 11) is 0. The summed E-state index contributed by atoms with van der Waals surface area (Å²) in [5.74, 6) is 1.71. The number of nitriles is 1. The van der Waals surface area contributed by atoms with Crippen LogP contribution in [-0.4, -0.2) is 6.04 Å². The predicted molar refractivity (Wildman–Crippen MR) is 71.8 cm³/mol. The van der Waals surface area contributed by atoms with Gasteiger partial charge in [0.05, 0.1) is 0 Å². The average Bonchev–Trinajstić information content (AvgIpc) is 2.79. The van der Waals surface area contributed by atoms with Crippen molar-refractivity contribution in [1.29, 1.82) is 5.26 Å². The van der Waals surface area contributed by atoms with Crippen molar-refractivity contribution in [2.45, 2.75) is 45.7 Å². The first-order valence-electron chi connectivity index (χ1n) is 6.41. The van der Waals surface area contributed by atoms with Crippen molar-refractivity contribution in [1.82, 2.24) is 5.32 Å². The second kappa shape index (κ2) is 5.66. The largest absolute Gasteiger partial charge is 0.309 e. The van der Waals surface area contributed by atoms with Crippen LogP contribution in [0.3, 0.4) is 0 Å². The van der Waals surface area contributed by atoms with Gasteiger partial charge in [-0.1, -0.05) is 13.8 Å². The van der Waals surface area contributed by atoms with Crippen LogP contribution >= 0.6 is 11.3 Å². The first-order valence-corrected chi connectivity index (χ1v) is 7.23. The van der Waals surface area contributed by atoms with Gasteiger partial charge < -0.3 is 5.32 Å². The molecule has 1 N–H and O–H groups in total. The summed E-state index contributed by atoms with van der Waals surface area (Å²) in [5.41, 5.74) is 0. The second-order valence-electron chi connectivity index (χ2n) is 5.22. The number of thiophene rings is 1. The Morgan fingerprint density at radius 2 is 2.18 bits per heavy atom. The molecule has 92 valence electrons. The van der Waals surface area contributed by atoms with E-state index >= 15 is 0 Å². The van der Waals surface area contributed by atoms with Crippen LogP contribution in [0.25, 0.3) is 0 Å². The van der Waals surface area contributed by atoms with E-state index in [0.29, 0.717) is 6.04 Å². The normalized spacial score (nSPS) is 28.9. The van der Waals surface area contributed by atoms with Crippen LogP contribution in [0, 0.1) is 23.2 Å². The SMILES string of the molecule is CC1CCC(NCc2ccc(C#N)s2)CC1C. The van der Waals surface area contributed by atoms with Crippen LogP contribution in [-0.2, 0) is 6.54 Å². The zero-order valence-corrected chi connectivity index (χ0v) is 11.4. The van der Waals surface area contributed by atoms with E-state index in [1.165, 1.54) is 24.1 Å². The molecule has 1 saturated carbocycles. The zero-order valence-electron chi connectivity index (χ0n) is 10.6. The Balaban J connectivity index is 1.81. The van der Waals surface area contributed by atoms with Crippen molar-refractivity contribution < 1.29 is 0 Å². The minimum Gasteiger partial charge on any atom is -0.309 e. The molecule has 3 atom stereocenters. The maximum Gasteiger partial charge on any atom is 0.110 e. The molecule has 1 heterocycles. The van der Waals surface area contributed by atoms with Gasteiger partial charge >= 0.3 is 0 Å². The van der Waals surface area contributed by atoms with Crippen molar-refractivity contribution in [2.24, 2.45) is 11.8 Å². The van der Waals surface area contributed by atoms with E-state index in [1.54, 1.807) is 11.3 Å². The van der Waals surface area contributed by atoms with E-state index in [2.05, 4.69) is 31.3 Å². The van der Waals surface area contributed by atoms with E-state index in [-0.39, 0.29) is 0 Å². The highest BCUT2D eigenvalue weighted by molar-refractivity contribution is 7.12. The minimum absolute atomic E-state index is 0.661. The summed E-state index contributed by atoms with van der Waals surface area (Å²) >= 11 is 1.60. The third-order valence-electron chi connectivity index (χ3n) is 3.93. The van der Waals surface area contributed by atoms with Crippen molar-refractivity contribution in [3.05, 3.63) is 21.9 Å². The van der Waals surface area contributed by atoms with E-state index in [9.17, 15) is 0 Å². The van der Waals surface area contributed by atoms with Gasteiger partial charge in [0.15, 0.2) is 0 Å². The molecule has 0 aromatic carbocycles. The second-order valence-corrected chi connectivity index (χ2v) is 6.39. The fourth-order valence-electron chi connectivity index (χ4n) is 2.51. The summed E-state index contributed by atoms with van der Waals surface area (Å²) in [5, 5.41) is 12.4. The van der Waals surface area contributed by atoms with Crippen LogP contribution in [0.5, 0.6) is 0 Å². The first-order chi connectivity index (χ1) is 8.19. The van der Waals surface area contributed by atoms with Crippen molar-refractivity contribution in [2.75, 3.05) is 0 Å². The van der Waals surface area contributed by atoms with Crippen LogP contribution in [0.4, 0.5) is 0 Å². The van der Waals surface area contributed by atoms with Gasteiger partial charge in [-0.15, -0.1) is 11.3 Å². The summed E-state index contributed by atoms with van der Waals surface area (Å²) in [6.45, 7) is 5.63. The van der Waals surface area contributed by atoms with Crippen molar-refractivity contribution in [3.63, 3.8) is 0 Å². The zero-order chi connectivity index (χ0) is 12.3. The molecular formula is C14H20N2S. The van der Waals surface area contributed by atoms with E-state index in [4.69, 9.17) is 5.26 Å². The number of rotatable bonds is 3. The highest BCUT2D eigenvalue weighted by atomic mass is 32.1. The summed E-state index contributed by atoms with van der Waals surface area (Å²) < 4.78 is 0. The molecule has 0 radical (unpaired) electrons. The molecule has 0 aliphatic heterocycles. The smallest absolute Gasteiger partial charge is 0.110 e. The van der Waals surface area contributed by atoms with Gasteiger partial charge in [0.25, 0.3) is 0 Å². The summed E-state index contributed by atoms with van der Waals surface area (Å²) in [6, 6.07) is 6.82. The van der Waals surface area contributed by atoms with Crippen LogP contribution < -0.4 is 5.32 Å². The van der Waals surface area contributed by atoms with Gasteiger partial charge in [-0.05, 0) is 43.2 Å². The molecule has 1 aromatic rings. The molecule has 2 nitrogen and oxygen atoms in total. The summed E-state index contributed by atoms with van der Waals surface area (Å²) in [4.78, 5) is 2.08. The molecular weight excluding hydrogens is 228 g/mol. The van der Waals surface area contributed by atoms with Crippen LogP contribution in [0.15, 0.2) is 12.1 Å². The van der Waals surface area contributed by atoms with E-state index < -0.39 is 0 Å². The Morgan fingerprint density at radius 1 is 1.35 bits per heavy atom. The Labute approximate surface area is 108 Å². The maximum atomic E-state index is 8.77. The molecule has 1 aliphatic rings. The number of hydrogen-bond acceptors (Lipinski definition) is 3. The van der Waals surface area contributed by atoms with Gasteiger partial charge in [0, 0.05) is 17.5 Å². The average molecular weight is 248 g/mol. The van der Waals surface area contributed by atoms with Crippen LogP contribution in [0.1, 0.15) is 42.9 Å². The van der Waals surface area contributed by atoms with Gasteiger partial charge in [-0.25, -0.2) is 0 Å². The lowest BCUT2D eigenvalue weighted by Crippen LogP contribution is -2.35. The highest BCUT2D eigenvalue weighted by Gasteiger charge is 2.23. The molecule has 0 spiro atoms. The Bertz CT molecular complexity index is 405. The maximum absolute atomic E-state index is 8.77. The fraction of sp³-hybridized carbons (Fsp3) is 0.643. The monoisotopic (exact) mass is 248 g/mol. The lowest BCUT2D eigenvalue weighted by atomic mass is 9.79. The molecule has 1 aromatic heterocycles. The number of nitrogens with one attached hydrogen (secondary N) is 1. The topological polar surface area (TPSA) is 35.8 Å². The molecule has 17 heavy (non-hydrogen) atoms. The lowest BCUT2D eigenvalue weighted by molar-refractivity contribution is 0.226. The first kappa shape index (κ1) is 12.6. The van der Waals surface area contributed by atoms with Crippen LogP contribution in [0.2, 0.25) is 0 Å². The molecule has 0 bridgehead atoms. The number of hydrogen-bond donors (Lipinski definition) is 1. The molecule has 2 rings (SSSR count). The third kappa shape index (κ3) is 3.31. The molecule has 1 fully saturated rings. The third-order valence-corrected chi connectivity index (χ3v) is 4.92. The molecule has 3 heteroatoms. The van der Waals surface area contributed by atoms with Gasteiger partial charge in [-0.2, -0.15) is 5.26 Å².